The number of hydrogen-bond donors (Lipinski definition) is 0. The largest absolute Gasteiger partial charge is 0.328 e. The normalized spacial score (nSPS) is 24.4. The van der Waals surface area contributed by atoms with Crippen LogP contribution in [0.5, 0.6) is 0 Å². The standard InChI is InChI=1S/C25H41NO2S/c1-9-29(8,24(5,6)7)28-21-15-25(12-10-11-13-25)14-20-22(21)18(4)19(16-27)23(26-20)17(2)3/h16-17,21H,9-15H2,1-8H3/t21-/m0/s1. The van der Waals surface area contributed by atoms with E-state index in [0.29, 0.717) is 5.41 Å². The van der Waals surface area contributed by atoms with Crippen molar-refractivity contribution in [3.8, 4) is 0 Å². The predicted octanol–water partition coefficient (Wildman–Crippen LogP) is 7.06. The highest BCUT2D eigenvalue weighted by atomic mass is 32.3. The van der Waals surface area contributed by atoms with Gasteiger partial charge in [-0.1, -0.05) is 54.4 Å². The lowest BCUT2D eigenvalue weighted by atomic mass is 9.69. The molecule has 29 heavy (non-hydrogen) atoms. The third kappa shape index (κ3) is 4.04. The Morgan fingerprint density at radius 1 is 1.28 bits per heavy atom. The quantitative estimate of drug-likeness (QED) is 0.480. The second-order valence-electron chi connectivity index (χ2n) is 10.7. The summed E-state index contributed by atoms with van der Waals surface area (Å²) in [7, 11) is -1.26. The van der Waals surface area contributed by atoms with E-state index in [1.807, 2.05) is 0 Å². The minimum Gasteiger partial charge on any atom is -0.328 e. The Hall–Kier alpha value is -0.870. The molecule has 0 N–H and O–H groups in total. The molecule has 0 amide bonds. The van der Waals surface area contributed by atoms with E-state index in [1.165, 1.54) is 36.9 Å². The molecule has 1 heterocycles. The van der Waals surface area contributed by atoms with Crippen LogP contribution in [0.3, 0.4) is 0 Å². The van der Waals surface area contributed by atoms with Gasteiger partial charge in [0, 0.05) is 21.6 Å². The van der Waals surface area contributed by atoms with Crippen molar-refractivity contribution in [1.82, 2.24) is 4.98 Å². The highest BCUT2D eigenvalue weighted by molar-refractivity contribution is 8.30. The Morgan fingerprint density at radius 3 is 2.38 bits per heavy atom. The monoisotopic (exact) mass is 419 g/mol. The average molecular weight is 420 g/mol. The summed E-state index contributed by atoms with van der Waals surface area (Å²) in [4.78, 5) is 17.1. The molecule has 1 fully saturated rings. The van der Waals surface area contributed by atoms with Crippen molar-refractivity contribution in [3.63, 3.8) is 0 Å². The van der Waals surface area contributed by atoms with Crippen molar-refractivity contribution in [2.24, 2.45) is 5.41 Å². The van der Waals surface area contributed by atoms with E-state index >= 15 is 0 Å². The second kappa shape index (κ2) is 8.00. The molecule has 2 atom stereocenters. The van der Waals surface area contributed by atoms with Gasteiger partial charge < -0.3 is 4.18 Å². The number of nitrogens with zero attached hydrogens (tertiary/aromatic N) is 1. The van der Waals surface area contributed by atoms with E-state index in [2.05, 4.69) is 54.7 Å². The lowest BCUT2D eigenvalue weighted by Gasteiger charge is -2.51. The van der Waals surface area contributed by atoms with Crippen molar-refractivity contribution in [2.75, 3.05) is 12.0 Å². The highest BCUT2D eigenvalue weighted by Crippen LogP contribution is 2.63. The molecule has 0 saturated heterocycles. The minimum absolute atomic E-state index is 0.0587. The molecule has 0 aromatic carbocycles. The molecule has 1 aromatic heterocycles. The van der Waals surface area contributed by atoms with Gasteiger partial charge in [0.1, 0.15) is 0 Å². The van der Waals surface area contributed by atoms with Crippen LogP contribution in [0, 0.1) is 12.3 Å². The Balaban J connectivity index is 2.16. The first-order valence-corrected chi connectivity index (χ1v) is 13.5. The molecule has 3 rings (SSSR count). The fraction of sp³-hybridized carbons (Fsp3) is 0.760. The van der Waals surface area contributed by atoms with E-state index in [0.717, 1.165) is 41.7 Å². The molecule has 1 aromatic rings. The molecule has 1 unspecified atom stereocenters. The van der Waals surface area contributed by atoms with Crippen LogP contribution >= 0.6 is 10.3 Å². The van der Waals surface area contributed by atoms with Crippen molar-refractivity contribution in [2.45, 2.75) is 104 Å². The molecular formula is C25H41NO2S. The third-order valence-corrected chi connectivity index (χ3v) is 12.0. The van der Waals surface area contributed by atoms with Crippen molar-refractivity contribution < 1.29 is 8.98 Å². The molecule has 2 aliphatic carbocycles. The third-order valence-electron chi connectivity index (χ3n) is 7.64. The molecular weight excluding hydrogens is 378 g/mol. The summed E-state index contributed by atoms with van der Waals surface area (Å²) < 4.78 is 7.23. The topological polar surface area (TPSA) is 39.2 Å². The first kappa shape index (κ1) is 22.8. The van der Waals surface area contributed by atoms with Gasteiger partial charge >= 0.3 is 0 Å². The number of aromatic nitrogens is 1. The summed E-state index contributed by atoms with van der Waals surface area (Å²) in [6.07, 6.45) is 10.8. The maximum atomic E-state index is 12.0. The number of pyridine rings is 1. The van der Waals surface area contributed by atoms with E-state index in [-0.39, 0.29) is 16.8 Å². The van der Waals surface area contributed by atoms with Crippen LogP contribution in [0.2, 0.25) is 0 Å². The summed E-state index contributed by atoms with van der Waals surface area (Å²) in [5.41, 5.74) is 5.63. The van der Waals surface area contributed by atoms with Crippen LogP contribution in [0.1, 0.15) is 119 Å². The van der Waals surface area contributed by atoms with Gasteiger partial charge in [0.25, 0.3) is 0 Å². The molecule has 0 bridgehead atoms. The molecule has 4 heteroatoms. The molecule has 0 aliphatic heterocycles. The number of carbonyl (C=O) groups is 1. The van der Waals surface area contributed by atoms with Gasteiger partial charge in [-0.3, -0.25) is 9.78 Å². The molecule has 3 nitrogen and oxygen atoms in total. The maximum Gasteiger partial charge on any atom is 0.152 e. The number of fused-ring (bicyclic) bond motifs is 1. The van der Waals surface area contributed by atoms with Gasteiger partial charge in [-0.2, -0.15) is 0 Å². The smallest absolute Gasteiger partial charge is 0.152 e. The van der Waals surface area contributed by atoms with Gasteiger partial charge in [0.15, 0.2) is 6.29 Å². The fourth-order valence-corrected chi connectivity index (χ4v) is 7.35. The Kier molecular flexibility index (Phi) is 6.29. The van der Waals surface area contributed by atoms with Crippen LogP contribution in [-0.2, 0) is 10.6 Å². The lowest BCUT2D eigenvalue weighted by Crippen LogP contribution is -2.35. The molecule has 1 saturated carbocycles. The highest BCUT2D eigenvalue weighted by Gasteiger charge is 2.46. The maximum absolute atomic E-state index is 12.0. The zero-order valence-corrected chi connectivity index (χ0v) is 20.7. The van der Waals surface area contributed by atoms with Crippen LogP contribution in [0.15, 0.2) is 0 Å². The van der Waals surface area contributed by atoms with Crippen molar-refractivity contribution >= 4 is 16.6 Å². The zero-order valence-electron chi connectivity index (χ0n) is 19.9. The summed E-state index contributed by atoms with van der Waals surface area (Å²) >= 11 is 0. The summed E-state index contributed by atoms with van der Waals surface area (Å²) in [5.74, 6) is 1.30. The van der Waals surface area contributed by atoms with Gasteiger partial charge in [0.2, 0.25) is 0 Å². The van der Waals surface area contributed by atoms with Crippen molar-refractivity contribution in [3.05, 3.63) is 28.1 Å². The van der Waals surface area contributed by atoms with Gasteiger partial charge in [0.05, 0.1) is 11.8 Å². The molecule has 1 spiro atoms. The van der Waals surface area contributed by atoms with Gasteiger partial charge in [-0.15, -0.1) is 10.3 Å². The Morgan fingerprint density at radius 2 is 1.90 bits per heavy atom. The Labute approximate surface area is 179 Å². The number of hydrogen-bond acceptors (Lipinski definition) is 3. The summed E-state index contributed by atoms with van der Waals surface area (Å²) in [5, 5.41) is 0. The number of rotatable bonds is 5. The average Bonchev–Trinajstić information content (AvgIpc) is 3.07. The summed E-state index contributed by atoms with van der Waals surface area (Å²) in [6.45, 7) is 15.6. The summed E-state index contributed by atoms with van der Waals surface area (Å²) in [6, 6.07) is 0. The SMILES string of the molecule is CCS(C)(O[C@H]1CC2(CCCC2)Cc2nc(C(C)C)c(C=O)c(C)c21)C(C)(C)C. The van der Waals surface area contributed by atoms with Gasteiger partial charge in [-0.25, -0.2) is 0 Å². The van der Waals surface area contributed by atoms with Crippen LogP contribution in [0.4, 0.5) is 0 Å². The number of aldehydes is 1. The first-order chi connectivity index (χ1) is 13.5. The second-order valence-corrected chi connectivity index (χ2v) is 14.8. The van der Waals surface area contributed by atoms with Crippen molar-refractivity contribution in [1.29, 1.82) is 0 Å². The van der Waals surface area contributed by atoms with E-state index in [9.17, 15) is 4.79 Å². The van der Waals surface area contributed by atoms with Crippen LogP contribution < -0.4 is 0 Å². The molecule has 164 valence electrons. The predicted molar refractivity (Wildman–Crippen MR) is 125 cm³/mol. The molecule has 0 radical (unpaired) electrons. The van der Waals surface area contributed by atoms with E-state index in [4.69, 9.17) is 9.17 Å². The van der Waals surface area contributed by atoms with Crippen LogP contribution in [-0.4, -0.2) is 28.0 Å². The first-order valence-electron chi connectivity index (χ1n) is 11.4. The number of carbonyl (C=O) groups excluding carboxylic acids is 1. The van der Waals surface area contributed by atoms with E-state index in [1.54, 1.807) is 0 Å². The Bertz CT molecular complexity index is 774. The molecule has 2 aliphatic rings. The lowest BCUT2D eigenvalue weighted by molar-refractivity contribution is 0.109. The minimum atomic E-state index is -1.26. The van der Waals surface area contributed by atoms with Crippen LogP contribution in [0.25, 0.3) is 0 Å². The zero-order chi connectivity index (χ0) is 21.6. The fourth-order valence-electron chi connectivity index (χ4n) is 5.38. The van der Waals surface area contributed by atoms with E-state index < -0.39 is 10.3 Å². The van der Waals surface area contributed by atoms with Gasteiger partial charge in [-0.05, 0) is 61.5 Å².